The number of carbonyl (C=O) groups excluding carboxylic acids is 1. The Balaban J connectivity index is 1.59. The number of nitrogen functional groups attached to an aromatic ring is 1. The lowest BCUT2D eigenvalue weighted by molar-refractivity contribution is -0.0873. The third-order valence-corrected chi connectivity index (χ3v) is 8.03. The average Bonchev–Trinajstić information content (AvgIpc) is 2.77. The van der Waals surface area contributed by atoms with Gasteiger partial charge in [0.25, 0.3) is 5.91 Å². The SMILES string of the molecule is Cc1cccc(N(Cc2ccc(C(=O)NN)cn2)S(=O)(=O)N2CCN(C3COC3)C(C)C2)c1. The number of rotatable bonds is 7. The van der Waals surface area contributed by atoms with E-state index in [0.717, 1.165) is 5.56 Å². The van der Waals surface area contributed by atoms with Crippen LogP contribution >= 0.6 is 0 Å². The van der Waals surface area contributed by atoms with Gasteiger partial charge in [-0.25, -0.2) is 5.84 Å². The Morgan fingerprint density at radius 1 is 1.27 bits per heavy atom. The molecule has 178 valence electrons. The summed E-state index contributed by atoms with van der Waals surface area (Å²) in [5, 5.41) is 0. The molecule has 1 aromatic carbocycles. The summed E-state index contributed by atoms with van der Waals surface area (Å²) in [6.07, 6.45) is 1.39. The second-order valence-electron chi connectivity index (χ2n) is 8.50. The Hall–Kier alpha value is -2.57. The van der Waals surface area contributed by atoms with Crippen molar-refractivity contribution in [2.75, 3.05) is 37.2 Å². The molecule has 2 aromatic rings. The molecule has 0 saturated carbocycles. The number of carbonyl (C=O) groups is 1. The van der Waals surface area contributed by atoms with Crippen molar-refractivity contribution >= 4 is 21.8 Å². The number of hydrogen-bond donors (Lipinski definition) is 2. The van der Waals surface area contributed by atoms with Crippen molar-refractivity contribution < 1.29 is 17.9 Å². The topological polar surface area (TPSA) is 121 Å². The summed E-state index contributed by atoms with van der Waals surface area (Å²) >= 11 is 0. The highest BCUT2D eigenvalue weighted by molar-refractivity contribution is 7.90. The molecule has 2 saturated heterocycles. The number of anilines is 1. The maximum atomic E-state index is 13.8. The summed E-state index contributed by atoms with van der Waals surface area (Å²) in [6, 6.07) is 11.1. The van der Waals surface area contributed by atoms with Crippen LogP contribution in [0.2, 0.25) is 0 Å². The lowest BCUT2D eigenvalue weighted by Gasteiger charge is -2.46. The molecule has 10 nitrogen and oxygen atoms in total. The number of amides is 1. The average molecular weight is 475 g/mol. The van der Waals surface area contributed by atoms with E-state index in [4.69, 9.17) is 10.6 Å². The maximum Gasteiger partial charge on any atom is 0.304 e. The van der Waals surface area contributed by atoms with E-state index in [1.54, 1.807) is 22.5 Å². The molecule has 11 heteroatoms. The van der Waals surface area contributed by atoms with E-state index in [0.29, 0.717) is 55.8 Å². The molecule has 2 aliphatic heterocycles. The van der Waals surface area contributed by atoms with E-state index >= 15 is 0 Å². The van der Waals surface area contributed by atoms with Crippen LogP contribution in [-0.4, -0.2) is 73.4 Å². The van der Waals surface area contributed by atoms with Crippen LogP contribution in [0, 0.1) is 6.92 Å². The van der Waals surface area contributed by atoms with Crippen LogP contribution < -0.4 is 15.6 Å². The predicted octanol–water partition coefficient (Wildman–Crippen LogP) is 0.650. The van der Waals surface area contributed by atoms with Crippen LogP contribution in [0.1, 0.15) is 28.5 Å². The van der Waals surface area contributed by atoms with Gasteiger partial charge < -0.3 is 4.74 Å². The summed E-state index contributed by atoms with van der Waals surface area (Å²) in [5.74, 6) is 4.72. The first-order valence-electron chi connectivity index (χ1n) is 10.9. The zero-order chi connectivity index (χ0) is 23.6. The van der Waals surface area contributed by atoms with Crippen molar-refractivity contribution in [1.82, 2.24) is 19.6 Å². The number of pyridine rings is 1. The number of hydrogen-bond acceptors (Lipinski definition) is 7. The van der Waals surface area contributed by atoms with Gasteiger partial charge in [-0.3, -0.25) is 24.4 Å². The van der Waals surface area contributed by atoms with Crippen LogP contribution in [0.3, 0.4) is 0 Å². The molecule has 2 fully saturated rings. The summed E-state index contributed by atoms with van der Waals surface area (Å²) < 4.78 is 35.9. The number of nitrogens with zero attached hydrogens (tertiary/aromatic N) is 4. The van der Waals surface area contributed by atoms with E-state index in [1.165, 1.54) is 10.5 Å². The highest BCUT2D eigenvalue weighted by Crippen LogP contribution is 2.27. The Morgan fingerprint density at radius 3 is 2.64 bits per heavy atom. The molecule has 1 amide bonds. The van der Waals surface area contributed by atoms with Gasteiger partial charge in [-0.1, -0.05) is 12.1 Å². The molecular formula is C22H30N6O4S. The summed E-state index contributed by atoms with van der Waals surface area (Å²) in [5.41, 5.74) is 4.41. The van der Waals surface area contributed by atoms with Gasteiger partial charge in [0.05, 0.1) is 42.7 Å². The summed E-state index contributed by atoms with van der Waals surface area (Å²) in [4.78, 5) is 18.3. The van der Waals surface area contributed by atoms with E-state index in [2.05, 4.69) is 22.2 Å². The Bertz CT molecular complexity index is 1090. The third-order valence-electron chi connectivity index (χ3n) is 6.15. The zero-order valence-corrected chi connectivity index (χ0v) is 19.7. The normalized spacial score (nSPS) is 20.3. The Morgan fingerprint density at radius 2 is 2.06 bits per heavy atom. The quantitative estimate of drug-likeness (QED) is 0.343. The number of nitrogens with two attached hydrogens (primary N) is 1. The lowest BCUT2D eigenvalue weighted by Crippen LogP contribution is -2.62. The smallest absolute Gasteiger partial charge is 0.304 e. The maximum absolute atomic E-state index is 13.8. The van der Waals surface area contributed by atoms with Crippen molar-refractivity contribution in [2.45, 2.75) is 32.5 Å². The van der Waals surface area contributed by atoms with Gasteiger partial charge in [-0.2, -0.15) is 12.7 Å². The minimum atomic E-state index is -3.82. The molecule has 0 bridgehead atoms. The predicted molar refractivity (Wildman–Crippen MR) is 125 cm³/mol. The fourth-order valence-corrected chi connectivity index (χ4v) is 5.89. The molecule has 3 heterocycles. The van der Waals surface area contributed by atoms with Gasteiger partial charge in [0, 0.05) is 31.9 Å². The Labute approximate surface area is 194 Å². The van der Waals surface area contributed by atoms with Gasteiger partial charge in [-0.15, -0.1) is 0 Å². The van der Waals surface area contributed by atoms with Crippen molar-refractivity contribution in [1.29, 1.82) is 0 Å². The number of benzene rings is 1. The molecular weight excluding hydrogens is 444 g/mol. The Kier molecular flexibility index (Phi) is 6.96. The van der Waals surface area contributed by atoms with Gasteiger partial charge in [0.15, 0.2) is 0 Å². The van der Waals surface area contributed by atoms with Crippen LogP contribution in [-0.2, 0) is 21.5 Å². The second kappa shape index (κ2) is 9.74. The number of aryl methyl sites for hydroxylation is 1. The summed E-state index contributed by atoms with van der Waals surface area (Å²) in [6.45, 7) is 6.91. The first kappa shape index (κ1) is 23.6. The third kappa shape index (κ3) is 5.02. The molecule has 1 aromatic heterocycles. The minimum Gasteiger partial charge on any atom is -0.378 e. The second-order valence-corrected chi connectivity index (χ2v) is 10.4. The highest BCUT2D eigenvalue weighted by Gasteiger charge is 2.39. The number of aromatic nitrogens is 1. The van der Waals surface area contributed by atoms with Gasteiger partial charge in [-0.05, 0) is 43.7 Å². The molecule has 4 rings (SSSR count). The molecule has 0 radical (unpaired) electrons. The molecule has 1 atom stereocenters. The molecule has 33 heavy (non-hydrogen) atoms. The van der Waals surface area contributed by atoms with Gasteiger partial charge >= 0.3 is 10.2 Å². The van der Waals surface area contributed by atoms with Crippen molar-refractivity contribution in [3.63, 3.8) is 0 Å². The van der Waals surface area contributed by atoms with Crippen LogP contribution in [0.4, 0.5) is 5.69 Å². The monoisotopic (exact) mass is 474 g/mol. The number of nitrogens with one attached hydrogen (secondary N) is 1. The van der Waals surface area contributed by atoms with Crippen LogP contribution in [0.25, 0.3) is 0 Å². The molecule has 3 N–H and O–H groups in total. The molecule has 0 spiro atoms. The largest absolute Gasteiger partial charge is 0.378 e. The first-order chi connectivity index (χ1) is 15.8. The molecule has 0 aliphatic carbocycles. The van der Waals surface area contributed by atoms with Crippen molar-refractivity contribution in [2.24, 2.45) is 5.84 Å². The van der Waals surface area contributed by atoms with E-state index < -0.39 is 16.1 Å². The van der Waals surface area contributed by atoms with Crippen molar-refractivity contribution in [3.05, 3.63) is 59.4 Å². The van der Waals surface area contributed by atoms with E-state index in [-0.39, 0.29) is 12.6 Å². The number of hydrazine groups is 1. The van der Waals surface area contributed by atoms with Gasteiger partial charge in [0.1, 0.15) is 0 Å². The number of ether oxygens (including phenoxy) is 1. The number of piperazine rings is 1. The fraction of sp³-hybridized carbons (Fsp3) is 0.455. The van der Waals surface area contributed by atoms with E-state index in [9.17, 15) is 13.2 Å². The highest BCUT2D eigenvalue weighted by atomic mass is 32.2. The van der Waals surface area contributed by atoms with E-state index in [1.807, 2.05) is 25.1 Å². The minimum absolute atomic E-state index is 0.0430. The lowest BCUT2D eigenvalue weighted by atomic mass is 10.1. The first-order valence-corrected chi connectivity index (χ1v) is 12.3. The van der Waals surface area contributed by atoms with Crippen LogP contribution in [0.15, 0.2) is 42.6 Å². The van der Waals surface area contributed by atoms with Crippen molar-refractivity contribution in [3.8, 4) is 0 Å². The molecule has 2 aliphatic rings. The molecule has 1 unspecified atom stereocenters. The standard InChI is InChI=1S/C22H30N6O4S/c1-16-4-3-5-20(10-16)28(13-19-7-6-18(11-24-19)22(29)25-23)33(30,31)26-8-9-27(17(2)12-26)21-14-32-15-21/h3-7,10-11,17,21H,8-9,12-15,23H2,1-2H3,(H,25,29). The fourth-order valence-electron chi connectivity index (χ4n) is 4.22. The summed E-state index contributed by atoms with van der Waals surface area (Å²) in [7, 11) is -3.82. The zero-order valence-electron chi connectivity index (χ0n) is 18.8. The van der Waals surface area contributed by atoms with Crippen LogP contribution in [0.5, 0.6) is 0 Å². The van der Waals surface area contributed by atoms with Gasteiger partial charge in [0.2, 0.25) is 0 Å².